The molecule has 1 aromatic rings. The van der Waals surface area contributed by atoms with Crippen molar-refractivity contribution in [1.82, 2.24) is 0 Å². The van der Waals surface area contributed by atoms with Crippen LogP contribution in [0.2, 0.25) is 0 Å². The SMILES string of the molecule is C=CCCc1ccc2c(c1)CCC(C1CCC3CC(CCC)CCC3C1)C2. The molecule has 0 radical (unpaired) electrons. The van der Waals surface area contributed by atoms with E-state index < -0.39 is 0 Å². The fraction of sp³-hybridized carbons (Fsp3) is 0.704. The van der Waals surface area contributed by atoms with Crippen LogP contribution in [0.15, 0.2) is 30.9 Å². The maximum Gasteiger partial charge on any atom is -0.0244 e. The van der Waals surface area contributed by atoms with Crippen molar-refractivity contribution in [3.63, 3.8) is 0 Å². The molecule has 1 aromatic carbocycles. The van der Waals surface area contributed by atoms with Crippen LogP contribution in [-0.2, 0) is 19.3 Å². The Morgan fingerprint density at radius 2 is 1.70 bits per heavy atom. The van der Waals surface area contributed by atoms with Crippen LogP contribution < -0.4 is 0 Å². The Hall–Kier alpha value is -1.04. The lowest BCUT2D eigenvalue weighted by atomic mass is 9.61. The van der Waals surface area contributed by atoms with Gasteiger partial charge in [-0.25, -0.2) is 0 Å². The van der Waals surface area contributed by atoms with Crippen LogP contribution >= 0.6 is 0 Å². The molecular weight excluding hydrogens is 324 g/mol. The Morgan fingerprint density at radius 1 is 0.926 bits per heavy atom. The third-order valence-electron chi connectivity index (χ3n) is 8.30. The molecule has 0 aromatic heterocycles. The molecule has 4 rings (SSSR count). The predicted molar refractivity (Wildman–Crippen MR) is 117 cm³/mol. The maximum atomic E-state index is 3.87. The van der Waals surface area contributed by atoms with Crippen LogP contribution in [0.1, 0.15) is 87.8 Å². The summed E-state index contributed by atoms with van der Waals surface area (Å²) in [6.45, 7) is 6.23. The predicted octanol–water partition coefficient (Wildman–Crippen LogP) is 7.54. The maximum absolute atomic E-state index is 3.87. The quantitative estimate of drug-likeness (QED) is 0.457. The van der Waals surface area contributed by atoms with Gasteiger partial charge in [0, 0.05) is 0 Å². The Bertz CT molecular complexity index is 627. The third kappa shape index (κ3) is 4.52. The van der Waals surface area contributed by atoms with Crippen LogP contribution in [0.5, 0.6) is 0 Å². The first-order valence-electron chi connectivity index (χ1n) is 12.0. The van der Waals surface area contributed by atoms with E-state index in [9.17, 15) is 0 Å². The van der Waals surface area contributed by atoms with Crippen LogP contribution in [0.25, 0.3) is 0 Å². The average Bonchev–Trinajstić information content (AvgIpc) is 2.71. The van der Waals surface area contributed by atoms with Gasteiger partial charge in [0.05, 0.1) is 0 Å². The van der Waals surface area contributed by atoms with Gasteiger partial charge < -0.3 is 0 Å². The van der Waals surface area contributed by atoms with E-state index >= 15 is 0 Å². The van der Waals surface area contributed by atoms with Gasteiger partial charge >= 0.3 is 0 Å². The normalized spacial score (nSPS) is 33.1. The topological polar surface area (TPSA) is 0 Å². The van der Waals surface area contributed by atoms with E-state index in [0.29, 0.717) is 0 Å². The second-order valence-electron chi connectivity index (χ2n) is 9.99. The van der Waals surface area contributed by atoms with Crippen molar-refractivity contribution >= 4 is 0 Å². The first-order chi connectivity index (χ1) is 13.3. The van der Waals surface area contributed by atoms with Crippen LogP contribution in [-0.4, -0.2) is 0 Å². The van der Waals surface area contributed by atoms with Crippen molar-refractivity contribution in [3.8, 4) is 0 Å². The summed E-state index contributed by atoms with van der Waals surface area (Å²) in [5.74, 6) is 5.19. The molecule has 0 N–H and O–H groups in total. The van der Waals surface area contributed by atoms with Gasteiger partial charge in [0.25, 0.3) is 0 Å². The smallest absolute Gasteiger partial charge is 0.0244 e. The molecule has 0 heteroatoms. The van der Waals surface area contributed by atoms with Crippen molar-refractivity contribution in [2.45, 2.75) is 90.4 Å². The van der Waals surface area contributed by atoms with E-state index in [1.54, 1.807) is 36.8 Å². The number of allylic oxidation sites excluding steroid dienone is 1. The zero-order chi connectivity index (χ0) is 18.6. The standard InChI is InChI=1S/C27H40/c1-3-5-7-21-9-11-25-19-27(15-13-23(25)17-21)26-14-12-22-16-20(6-4-2)8-10-24(22)18-26/h3,9,11,17,20,22,24,26-27H,1,4-8,10,12-16,18-19H2,2H3. The minimum absolute atomic E-state index is 0.964. The highest BCUT2D eigenvalue weighted by molar-refractivity contribution is 5.34. The molecule has 0 nitrogen and oxygen atoms in total. The molecule has 5 atom stereocenters. The molecule has 0 amide bonds. The number of hydrogen-bond acceptors (Lipinski definition) is 0. The van der Waals surface area contributed by atoms with Gasteiger partial charge in [0.15, 0.2) is 0 Å². The van der Waals surface area contributed by atoms with E-state index in [1.165, 1.54) is 50.5 Å². The molecule has 27 heavy (non-hydrogen) atoms. The minimum atomic E-state index is 0.964. The zero-order valence-corrected chi connectivity index (χ0v) is 17.6. The van der Waals surface area contributed by atoms with Gasteiger partial charge in [0.1, 0.15) is 0 Å². The molecule has 148 valence electrons. The van der Waals surface area contributed by atoms with Crippen molar-refractivity contribution in [2.24, 2.45) is 29.6 Å². The Labute approximate surface area is 167 Å². The molecule has 2 fully saturated rings. The largest absolute Gasteiger partial charge is 0.103 e. The molecule has 5 unspecified atom stereocenters. The van der Waals surface area contributed by atoms with Crippen LogP contribution in [0.3, 0.4) is 0 Å². The number of aryl methyl sites for hydroxylation is 2. The average molecular weight is 365 g/mol. The molecule has 2 saturated carbocycles. The van der Waals surface area contributed by atoms with Gasteiger partial charge in [-0.3, -0.25) is 0 Å². The summed E-state index contributed by atoms with van der Waals surface area (Å²) >= 11 is 0. The molecular formula is C27H40. The lowest BCUT2D eigenvalue weighted by Crippen LogP contribution is -2.35. The van der Waals surface area contributed by atoms with Crippen LogP contribution in [0.4, 0.5) is 0 Å². The summed E-state index contributed by atoms with van der Waals surface area (Å²) in [7, 11) is 0. The van der Waals surface area contributed by atoms with E-state index in [2.05, 4.69) is 31.7 Å². The van der Waals surface area contributed by atoms with Crippen molar-refractivity contribution in [1.29, 1.82) is 0 Å². The number of fused-ring (bicyclic) bond motifs is 2. The van der Waals surface area contributed by atoms with E-state index in [-0.39, 0.29) is 0 Å². The highest BCUT2D eigenvalue weighted by atomic mass is 14.4. The summed E-state index contributed by atoms with van der Waals surface area (Å²) in [5, 5.41) is 0. The lowest BCUT2D eigenvalue weighted by Gasteiger charge is -2.45. The summed E-state index contributed by atoms with van der Waals surface area (Å²) < 4.78 is 0. The van der Waals surface area contributed by atoms with E-state index in [0.717, 1.165) is 42.4 Å². The first kappa shape index (κ1) is 19.3. The van der Waals surface area contributed by atoms with Gasteiger partial charge in [-0.1, -0.05) is 50.5 Å². The molecule has 0 aliphatic heterocycles. The van der Waals surface area contributed by atoms with E-state index in [1.807, 2.05) is 6.08 Å². The monoisotopic (exact) mass is 364 g/mol. The van der Waals surface area contributed by atoms with Crippen molar-refractivity contribution in [3.05, 3.63) is 47.5 Å². The summed E-state index contributed by atoms with van der Waals surface area (Å²) in [4.78, 5) is 0. The molecule has 0 spiro atoms. The summed E-state index contributed by atoms with van der Waals surface area (Å²) in [6.07, 6.45) is 20.6. The number of hydrogen-bond donors (Lipinski definition) is 0. The van der Waals surface area contributed by atoms with Gasteiger partial charge in [-0.2, -0.15) is 0 Å². The fourth-order valence-corrected chi connectivity index (χ4v) is 6.78. The Balaban J connectivity index is 1.34. The van der Waals surface area contributed by atoms with Gasteiger partial charge in [-0.15, -0.1) is 6.58 Å². The lowest BCUT2D eigenvalue weighted by molar-refractivity contribution is 0.0695. The second-order valence-corrected chi connectivity index (χ2v) is 9.99. The Kier molecular flexibility index (Phi) is 6.41. The Morgan fingerprint density at radius 3 is 2.52 bits per heavy atom. The molecule has 3 aliphatic rings. The van der Waals surface area contributed by atoms with Crippen molar-refractivity contribution in [2.75, 3.05) is 0 Å². The highest BCUT2D eigenvalue weighted by Gasteiger charge is 2.38. The van der Waals surface area contributed by atoms with Crippen molar-refractivity contribution < 1.29 is 0 Å². The van der Waals surface area contributed by atoms with Crippen LogP contribution in [0, 0.1) is 29.6 Å². The van der Waals surface area contributed by atoms with Gasteiger partial charge in [-0.05, 0) is 110 Å². The number of benzene rings is 1. The number of rotatable bonds is 6. The molecule has 0 heterocycles. The van der Waals surface area contributed by atoms with Gasteiger partial charge in [0.2, 0.25) is 0 Å². The van der Waals surface area contributed by atoms with E-state index in [4.69, 9.17) is 0 Å². The minimum Gasteiger partial charge on any atom is -0.103 e. The summed E-state index contributed by atoms with van der Waals surface area (Å²) in [6, 6.07) is 7.35. The summed E-state index contributed by atoms with van der Waals surface area (Å²) in [5.41, 5.74) is 4.83. The molecule has 0 saturated heterocycles. The third-order valence-corrected chi connectivity index (χ3v) is 8.30. The zero-order valence-electron chi connectivity index (χ0n) is 17.6. The fourth-order valence-electron chi connectivity index (χ4n) is 6.78. The first-order valence-corrected chi connectivity index (χ1v) is 12.0. The second kappa shape index (κ2) is 8.97. The molecule has 0 bridgehead atoms. The molecule has 3 aliphatic carbocycles. The highest BCUT2D eigenvalue weighted by Crippen LogP contribution is 2.49.